The molecule has 4 heteroatoms. The Balaban J connectivity index is 1.94. The fourth-order valence-corrected chi connectivity index (χ4v) is 3.43. The molecule has 94 valence electrons. The molecule has 1 aliphatic heterocycles. The highest BCUT2D eigenvalue weighted by Gasteiger charge is 2.40. The molecule has 0 radical (unpaired) electrons. The van der Waals surface area contributed by atoms with E-state index >= 15 is 0 Å². The summed E-state index contributed by atoms with van der Waals surface area (Å²) in [5.74, 6) is 0. The van der Waals surface area contributed by atoms with Crippen LogP contribution in [0, 0.1) is 14.1 Å². The number of hydrogen-bond acceptors (Lipinski definition) is 3. The van der Waals surface area contributed by atoms with E-state index in [1.165, 1.54) is 30.5 Å². The number of rotatable bonds is 0. The first-order chi connectivity index (χ1) is 8.71. The predicted octanol–water partition coefficient (Wildman–Crippen LogP) is 2.14. The van der Waals surface area contributed by atoms with Crippen LogP contribution in [-0.2, 0) is 13.0 Å². The van der Waals surface area contributed by atoms with E-state index in [0.29, 0.717) is 0 Å². The van der Waals surface area contributed by atoms with Gasteiger partial charge in [0.2, 0.25) is 0 Å². The monoisotopic (exact) mass is 240 g/mol. The van der Waals surface area contributed by atoms with Crippen LogP contribution in [0.3, 0.4) is 0 Å². The van der Waals surface area contributed by atoms with Crippen molar-refractivity contribution in [3.63, 3.8) is 0 Å². The molecule has 0 bridgehead atoms. The molecule has 2 aliphatic rings. The van der Waals surface area contributed by atoms with Gasteiger partial charge in [-0.3, -0.25) is 12.0 Å². The van der Waals surface area contributed by atoms with Crippen molar-refractivity contribution in [1.29, 1.82) is 0 Å². The summed E-state index contributed by atoms with van der Waals surface area (Å²) < 4.78 is 1.98. The minimum atomic E-state index is 0.284. The highest BCUT2D eigenvalue weighted by molar-refractivity contribution is 5.81. The largest absolute Gasteiger partial charge is 0.481 e. The third-order valence-electron chi connectivity index (χ3n) is 4.75. The normalized spacial score (nSPS) is 22.1. The van der Waals surface area contributed by atoms with Crippen molar-refractivity contribution in [3.05, 3.63) is 37.9 Å². The van der Waals surface area contributed by atoms with E-state index in [4.69, 9.17) is 0 Å². The Hall–Kier alpha value is -1.55. The molecule has 1 aliphatic carbocycles. The van der Waals surface area contributed by atoms with Crippen LogP contribution in [-0.4, -0.2) is 25.0 Å². The molecule has 0 N–H and O–H groups in total. The summed E-state index contributed by atoms with van der Waals surface area (Å²) in [4.78, 5) is 10.8. The second-order valence-electron chi connectivity index (χ2n) is 5.56. The number of nitrogens with zero attached hydrogens (tertiary/aromatic N) is 4. The lowest BCUT2D eigenvalue weighted by molar-refractivity contribution is 0.0360. The van der Waals surface area contributed by atoms with Gasteiger partial charge in [-0.25, -0.2) is 4.98 Å². The zero-order chi connectivity index (χ0) is 12.3. The Morgan fingerprint density at radius 2 is 2.11 bits per heavy atom. The molecule has 0 amide bonds. The SMILES string of the molecule is [CH2-]N1Cc2c(c3ncncc3n2[CH2-])CC12CCC2. The van der Waals surface area contributed by atoms with Crippen LogP contribution in [0.25, 0.3) is 11.0 Å². The Bertz CT molecular complexity index is 624. The fourth-order valence-electron chi connectivity index (χ4n) is 3.43. The third kappa shape index (κ3) is 1.11. The van der Waals surface area contributed by atoms with Gasteiger partial charge in [-0.05, 0) is 49.5 Å². The van der Waals surface area contributed by atoms with E-state index < -0.39 is 0 Å². The van der Waals surface area contributed by atoms with Gasteiger partial charge in [-0.15, -0.1) is 7.05 Å². The second kappa shape index (κ2) is 3.26. The van der Waals surface area contributed by atoms with E-state index in [1.807, 2.05) is 10.8 Å². The van der Waals surface area contributed by atoms with Crippen LogP contribution in [0.4, 0.5) is 0 Å². The summed E-state index contributed by atoms with van der Waals surface area (Å²) in [6, 6.07) is 0. The zero-order valence-electron chi connectivity index (χ0n) is 10.4. The molecule has 1 saturated carbocycles. The van der Waals surface area contributed by atoms with E-state index in [9.17, 15) is 0 Å². The van der Waals surface area contributed by atoms with Gasteiger partial charge in [0.1, 0.15) is 6.33 Å². The highest BCUT2D eigenvalue weighted by Crippen LogP contribution is 2.46. The van der Waals surface area contributed by atoms with Gasteiger partial charge in [-0.1, -0.05) is 11.3 Å². The molecule has 4 nitrogen and oxygen atoms in total. The maximum absolute atomic E-state index is 4.45. The summed E-state index contributed by atoms with van der Waals surface area (Å²) in [6.07, 6.45) is 8.37. The summed E-state index contributed by atoms with van der Waals surface area (Å²) in [5, 5.41) is 0. The van der Waals surface area contributed by atoms with Gasteiger partial charge in [-0.2, -0.15) is 0 Å². The standard InChI is InChI=1S/C14H16N4/c1-17-8-12-10(6-14(17)4-3-5-14)13-11(18(12)2)7-15-9-16-13/h7,9H,1-6,8H2/q-2. The quantitative estimate of drug-likeness (QED) is 0.662. The smallest absolute Gasteiger partial charge is 0.113 e. The molecule has 0 unspecified atom stereocenters. The average molecular weight is 240 g/mol. The highest BCUT2D eigenvalue weighted by atomic mass is 15.2. The lowest BCUT2D eigenvalue weighted by atomic mass is 9.69. The van der Waals surface area contributed by atoms with E-state index in [-0.39, 0.29) is 5.54 Å². The Morgan fingerprint density at radius 3 is 2.83 bits per heavy atom. The van der Waals surface area contributed by atoms with Gasteiger partial charge < -0.3 is 9.47 Å². The van der Waals surface area contributed by atoms with E-state index in [1.54, 1.807) is 6.33 Å². The van der Waals surface area contributed by atoms with Crippen LogP contribution in [0.2, 0.25) is 0 Å². The van der Waals surface area contributed by atoms with E-state index in [2.05, 4.69) is 29.0 Å². The first kappa shape index (κ1) is 10.4. The fraction of sp³-hybridized carbons (Fsp3) is 0.429. The Labute approximate surface area is 107 Å². The maximum atomic E-state index is 4.45. The lowest BCUT2D eigenvalue weighted by Crippen LogP contribution is -2.54. The summed E-state index contributed by atoms with van der Waals surface area (Å²) >= 11 is 0. The molecule has 3 heterocycles. The van der Waals surface area contributed by atoms with Crippen LogP contribution in [0.1, 0.15) is 30.5 Å². The van der Waals surface area contributed by atoms with Crippen molar-refractivity contribution >= 4 is 11.0 Å². The van der Waals surface area contributed by atoms with Crippen LogP contribution in [0.5, 0.6) is 0 Å². The first-order valence-corrected chi connectivity index (χ1v) is 6.42. The predicted molar refractivity (Wildman–Crippen MR) is 69.5 cm³/mol. The molecule has 0 aromatic carbocycles. The average Bonchev–Trinajstić information content (AvgIpc) is 2.61. The van der Waals surface area contributed by atoms with Crippen LogP contribution in [0.15, 0.2) is 12.5 Å². The molecule has 0 atom stereocenters. The van der Waals surface area contributed by atoms with Crippen LogP contribution < -0.4 is 0 Å². The molecule has 2 aromatic heterocycles. The molecule has 1 spiro atoms. The van der Waals surface area contributed by atoms with Crippen molar-refractivity contribution in [2.75, 3.05) is 0 Å². The number of hydrogen-bond donors (Lipinski definition) is 0. The molecular formula is C14H16N4-2. The van der Waals surface area contributed by atoms with Crippen molar-refractivity contribution < 1.29 is 0 Å². The Morgan fingerprint density at radius 1 is 1.28 bits per heavy atom. The Kier molecular flexibility index (Phi) is 1.88. The van der Waals surface area contributed by atoms with Crippen molar-refractivity contribution in [3.8, 4) is 0 Å². The minimum Gasteiger partial charge on any atom is -0.481 e. The van der Waals surface area contributed by atoms with Gasteiger partial charge in [0, 0.05) is 5.52 Å². The second-order valence-corrected chi connectivity index (χ2v) is 5.56. The topological polar surface area (TPSA) is 34.0 Å². The van der Waals surface area contributed by atoms with Gasteiger partial charge in [0.05, 0.1) is 0 Å². The third-order valence-corrected chi connectivity index (χ3v) is 4.75. The summed E-state index contributed by atoms with van der Waals surface area (Å²) in [5.41, 5.74) is 5.01. The summed E-state index contributed by atoms with van der Waals surface area (Å²) in [7, 11) is 8.37. The molecule has 4 rings (SSSR count). The molecular weight excluding hydrogens is 224 g/mol. The molecule has 2 aromatic rings. The number of aromatic nitrogens is 3. The van der Waals surface area contributed by atoms with Gasteiger partial charge >= 0.3 is 0 Å². The van der Waals surface area contributed by atoms with E-state index in [0.717, 1.165) is 24.0 Å². The van der Waals surface area contributed by atoms with Gasteiger partial charge in [0.25, 0.3) is 0 Å². The molecule has 0 saturated heterocycles. The molecule has 18 heavy (non-hydrogen) atoms. The molecule has 1 fully saturated rings. The van der Waals surface area contributed by atoms with Crippen LogP contribution >= 0.6 is 0 Å². The maximum Gasteiger partial charge on any atom is 0.113 e. The number of fused-ring (bicyclic) bond motifs is 3. The minimum absolute atomic E-state index is 0.284. The zero-order valence-corrected chi connectivity index (χ0v) is 10.4. The first-order valence-electron chi connectivity index (χ1n) is 6.42. The van der Waals surface area contributed by atoms with Crippen molar-refractivity contribution in [2.45, 2.75) is 37.8 Å². The van der Waals surface area contributed by atoms with Gasteiger partial charge in [0.15, 0.2) is 0 Å². The van der Waals surface area contributed by atoms with Crippen molar-refractivity contribution in [2.24, 2.45) is 0 Å². The lowest BCUT2D eigenvalue weighted by Gasteiger charge is -2.58. The van der Waals surface area contributed by atoms with Crippen molar-refractivity contribution in [1.82, 2.24) is 19.4 Å². The summed E-state index contributed by atoms with van der Waals surface area (Å²) in [6.45, 7) is 0.870.